The predicted molar refractivity (Wildman–Crippen MR) is 130 cm³/mol. The Kier molecular flexibility index (Phi) is 7.72. The van der Waals surface area contributed by atoms with Crippen LogP contribution in [0.4, 0.5) is 4.39 Å². The summed E-state index contributed by atoms with van der Waals surface area (Å²) in [6, 6.07) is 31.0. The Bertz CT molecular complexity index is 834. The second-order valence-electron chi connectivity index (χ2n) is 8.81. The van der Waals surface area contributed by atoms with Crippen LogP contribution in [0.3, 0.4) is 0 Å². The molecule has 0 saturated carbocycles. The molecule has 0 aromatic heterocycles. The summed E-state index contributed by atoms with van der Waals surface area (Å²) in [5.41, 5.74) is 2.41. The number of ether oxygens (including phenoxy) is 1. The van der Waals surface area contributed by atoms with Crippen molar-refractivity contribution in [3.05, 3.63) is 108 Å². The van der Waals surface area contributed by atoms with Crippen molar-refractivity contribution in [3.8, 4) is 0 Å². The zero-order valence-electron chi connectivity index (χ0n) is 19.0. The minimum atomic E-state index is -0.861. The minimum absolute atomic E-state index is 0.0941. The molecule has 168 valence electrons. The fourth-order valence-corrected chi connectivity index (χ4v) is 4.79. The molecule has 3 aromatic rings. The molecule has 1 aliphatic rings. The fourth-order valence-electron chi connectivity index (χ4n) is 4.79. The SMILES string of the molecule is CCCCN1CC[C@H](COC(c2ccccc2)(c2ccccc2)c2ccccc2)[C@@H](F)C1. The second-order valence-corrected chi connectivity index (χ2v) is 8.81. The van der Waals surface area contributed by atoms with Gasteiger partial charge in [-0.15, -0.1) is 0 Å². The lowest BCUT2D eigenvalue weighted by molar-refractivity contribution is -0.0425. The van der Waals surface area contributed by atoms with Gasteiger partial charge < -0.3 is 9.64 Å². The Morgan fingerprint density at radius 3 is 1.78 bits per heavy atom. The van der Waals surface area contributed by atoms with E-state index >= 15 is 4.39 Å². The van der Waals surface area contributed by atoms with Crippen LogP contribution in [0.2, 0.25) is 0 Å². The van der Waals surface area contributed by atoms with Crippen molar-refractivity contribution in [1.29, 1.82) is 0 Å². The highest BCUT2D eigenvalue weighted by molar-refractivity contribution is 5.47. The smallest absolute Gasteiger partial charge is 0.143 e. The van der Waals surface area contributed by atoms with Gasteiger partial charge in [0, 0.05) is 12.5 Å². The molecule has 3 heteroatoms. The summed E-state index contributed by atoms with van der Waals surface area (Å²) in [5, 5.41) is 0. The highest BCUT2D eigenvalue weighted by Crippen LogP contribution is 2.41. The number of nitrogens with zero attached hydrogens (tertiary/aromatic N) is 1. The summed E-state index contributed by atoms with van der Waals surface area (Å²) < 4.78 is 22.0. The highest BCUT2D eigenvalue weighted by atomic mass is 19.1. The molecular formula is C29H34FNO. The van der Waals surface area contributed by atoms with Crippen LogP contribution in [-0.4, -0.2) is 37.3 Å². The van der Waals surface area contributed by atoms with Crippen molar-refractivity contribution < 1.29 is 9.13 Å². The number of alkyl halides is 1. The molecule has 0 aliphatic carbocycles. The van der Waals surface area contributed by atoms with Gasteiger partial charge in [0.2, 0.25) is 0 Å². The van der Waals surface area contributed by atoms with Gasteiger partial charge >= 0.3 is 0 Å². The van der Waals surface area contributed by atoms with Crippen LogP contribution in [0.25, 0.3) is 0 Å². The molecule has 2 nitrogen and oxygen atoms in total. The molecule has 32 heavy (non-hydrogen) atoms. The lowest BCUT2D eigenvalue weighted by atomic mass is 9.80. The standard InChI is InChI=1S/C29H34FNO/c1-2-3-20-31-21-19-24(28(30)22-31)23-32-29(25-13-7-4-8-14-25,26-15-9-5-10-16-26)27-17-11-6-12-18-27/h4-18,24,28H,2-3,19-23H2,1H3/t24-,28+/m1/s1. The van der Waals surface area contributed by atoms with Gasteiger partial charge in [0.15, 0.2) is 0 Å². The molecule has 2 atom stereocenters. The van der Waals surface area contributed by atoms with Crippen molar-refractivity contribution in [2.24, 2.45) is 5.92 Å². The van der Waals surface area contributed by atoms with E-state index in [1.165, 1.54) is 0 Å². The van der Waals surface area contributed by atoms with E-state index in [1.807, 2.05) is 54.6 Å². The van der Waals surface area contributed by atoms with E-state index in [0.29, 0.717) is 13.2 Å². The lowest BCUT2D eigenvalue weighted by Gasteiger charge is -2.39. The first-order valence-corrected chi connectivity index (χ1v) is 11.9. The van der Waals surface area contributed by atoms with Crippen molar-refractivity contribution >= 4 is 0 Å². The average Bonchev–Trinajstić information content (AvgIpc) is 2.86. The number of unbranched alkanes of at least 4 members (excludes halogenated alkanes) is 1. The number of benzene rings is 3. The van der Waals surface area contributed by atoms with Gasteiger partial charge in [0.1, 0.15) is 11.8 Å². The van der Waals surface area contributed by atoms with Crippen LogP contribution < -0.4 is 0 Å². The van der Waals surface area contributed by atoms with E-state index in [0.717, 1.165) is 49.0 Å². The molecular weight excluding hydrogens is 397 g/mol. The van der Waals surface area contributed by atoms with Gasteiger partial charge in [-0.25, -0.2) is 4.39 Å². The first-order chi connectivity index (χ1) is 15.7. The maximum absolute atomic E-state index is 15.2. The van der Waals surface area contributed by atoms with E-state index in [1.54, 1.807) is 0 Å². The van der Waals surface area contributed by atoms with Crippen LogP contribution in [-0.2, 0) is 10.3 Å². The zero-order chi connectivity index (χ0) is 22.2. The first kappa shape index (κ1) is 22.7. The normalized spacial score (nSPS) is 19.7. The Morgan fingerprint density at radius 1 is 0.844 bits per heavy atom. The van der Waals surface area contributed by atoms with Gasteiger partial charge in [0.05, 0.1) is 6.61 Å². The van der Waals surface area contributed by atoms with Gasteiger partial charge in [-0.05, 0) is 42.6 Å². The number of likely N-dealkylation sites (tertiary alicyclic amines) is 1. The summed E-state index contributed by atoms with van der Waals surface area (Å²) in [6.45, 7) is 5.03. The Balaban J connectivity index is 1.65. The topological polar surface area (TPSA) is 12.5 Å². The highest BCUT2D eigenvalue weighted by Gasteiger charge is 2.39. The first-order valence-electron chi connectivity index (χ1n) is 11.9. The third kappa shape index (κ3) is 4.95. The Hall–Kier alpha value is -2.49. The molecule has 1 aliphatic heterocycles. The fraction of sp³-hybridized carbons (Fsp3) is 0.379. The van der Waals surface area contributed by atoms with Crippen molar-refractivity contribution in [2.75, 3.05) is 26.2 Å². The molecule has 1 fully saturated rings. The Labute approximate surface area is 192 Å². The lowest BCUT2D eigenvalue weighted by Crippen LogP contribution is -2.45. The third-order valence-electron chi connectivity index (χ3n) is 6.64. The summed E-state index contributed by atoms with van der Waals surface area (Å²) >= 11 is 0. The molecule has 0 radical (unpaired) electrons. The van der Waals surface area contributed by atoms with Crippen molar-refractivity contribution in [2.45, 2.75) is 38.0 Å². The summed E-state index contributed by atoms with van der Waals surface area (Å²) in [5.74, 6) is -0.0941. The molecule has 0 amide bonds. The van der Waals surface area contributed by atoms with E-state index in [-0.39, 0.29) is 5.92 Å². The van der Waals surface area contributed by atoms with Gasteiger partial charge in [-0.1, -0.05) is 104 Å². The van der Waals surface area contributed by atoms with Crippen LogP contribution in [0.1, 0.15) is 42.9 Å². The van der Waals surface area contributed by atoms with Crippen LogP contribution >= 0.6 is 0 Å². The van der Waals surface area contributed by atoms with Gasteiger partial charge in [-0.3, -0.25) is 0 Å². The predicted octanol–water partition coefficient (Wildman–Crippen LogP) is 6.46. The summed E-state index contributed by atoms with van der Waals surface area (Å²) in [7, 11) is 0. The molecule has 4 rings (SSSR count). The zero-order valence-corrected chi connectivity index (χ0v) is 19.0. The summed E-state index contributed by atoms with van der Waals surface area (Å²) in [6.07, 6.45) is 2.25. The molecule has 3 aromatic carbocycles. The van der Waals surface area contributed by atoms with Crippen molar-refractivity contribution in [1.82, 2.24) is 4.90 Å². The molecule has 1 saturated heterocycles. The second kappa shape index (κ2) is 10.9. The molecule has 0 spiro atoms. The third-order valence-corrected chi connectivity index (χ3v) is 6.64. The molecule has 0 N–H and O–H groups in total. The number of hydrogen-bond acceptors (Lipinski definition) is 2. The van der Waals surface area contributed by atoms with Crippen LogP contribution in [0, 0.1) is 5.92 Å². The largest absolute Gasteiger partial charge is 0.360 e. The number of halogens is 1. The van der Waals surface area contributed by atoms with Gasteiger partial charge in [0.25, 0.3) is 0 Å². The van der Waals surface area contributed by atoms with E-state index in [2.05, 4.69) is 48.2 Å². The van der Waals surface area contributed by atoms with Crippen LogP contribution in [0.5, 0.6) is 0 Å². The van der Waals surface area contributed by atoms with E-state index in [4.69, 9.17) is 4.74 Å². The summed E-state index contributed by atoms with van der Waals surface area (Å²) in [4.78, 5) is 2.27. The quantitative estimate of drug-likeness (QED) is 0.361. The number of rotatable bonds is 9. The average molecular weight is 432 g/mol. The molecule has 1 heterocycles. The molecule has 0 bridgehead atoms. The Morgan fingerprint density at radius 2 is 1.34 bits per heavy atom. The van der Waals surface area contributed by atoms with Crippen LogP contribution in [0.15, 0.2) is 91.0 Å². The maximum Gasteiger partial charge on any atom is 0.143 e. The maximum atomic E-state index is 15.2. The number of hydrogen-bond donors (Lipinski definition) is 0. The number of piperidine rings is 1. The molecule has 0 unspecified atom stereocenters. The monoisotopic (exact) mass is 431 g/mol. The van der Waals surface area contributed by atoms with Crippen molar-refractivity contribution in [3.63, 3.8) is 0 Å². The van der Waals surface area contributed by atoms with E-state index in [9.17, 15) is 0 Å². The van der Waals surface area contributed by atoms with Gasteiger partial charge in [-0.2, -0.15) is 0 Å². The minimum Gasteiger partial charge on any atom is -0.360 e. The van der Waals surface area contributed by atoms with E-state index < -0.39 is 11.8 Å².